The third-order valence-electron chi connectivity index (χ3n) is 10.5. The van der Waals surface area contributed by atoms with Gasteiger partial charge >= 0.3 is 0 Å². The van der Waals surface area contributed by atoms with Crippen LogP contribution in [0.2, 0.25) is 0 Å². The van der Waals surface area contributed by atoms with Crippen LogP contribution in [0.3, 0.4) is 0 Å². The van der Waals surface area contributed by atoms with E-state index in [1.165, 1.54) is 10.9 Å². The highest BCUT2D eigenvalue weighted by Crippen LogP contribution is 2.39. The summed E-state index contributed by atoms with van der Waals surface area (Å²) in [6.45, 7) is 0. The summed E-state index contributed by atoms with van der Waals surface area (Å²) in [6.07, 6.45) is 0. The highest BCUT2D eigenvalue weighted by atomic mass is 16.3. The SMILES string of the molecule is c1ccc(-c2ccc(-c3nc(-c4ccc5ccccc5c4)nc(-c4ccc5c(ccc6ccc7ccc8nc(-c9ccccc9)oc8c7c65)c4)n3)cc2)cc1. The molecule has 2 aromatic heterocycles. The van der Waals surface area contributed by atoms with Crippen LogP contribution >= 0.6 is 0 Å². The Kier molecular flexibility index (Phi) is 7.10. The van der Waals surface area contributed by atoms with E-state index in [1.807, 2.05) is 42.5 Å². The summed E-state index contributed by atoms with van der Waals surface area (Å²) in [5, 5.41) is 8.95. The van der Waals surface area contributed by atoms with Gasteiger partial charge in [-0.25, -0.2) is 19.9 Å². The third kappa shape index (κ3) is 5.41. The minimum atomic E-state index is 0.616. The molecule has 0 unspecified atom stereocenters. The normalized spacial score (nSPS) is 11.6. The minimum Gasteiger partial charge on any atom is -0.435 e. The summed E-state index contributed by atoms with van der Waals surface area (Å²) in [4.78, 5) is 20.2. The number of hydrogen-bond acceptors (Lipinski definition) is 5. The van der Waals surface area contributed by atoms with Gasteiger partial charge in [0.05, 0.1) is 0 Å². The molecule has 0 aliphatic rings. The van der Waals surface area contributed by atoms with Gasteiger partial charge in [0, 0.05) is 33.0 Å². The lowest BCUT2D eigenvalue weighted by atomic mass is 9.95. The van der Waals surface area contributed by atoms with Gasteiger partial charge in [0.1, 0.15) is 5.52 Å². The average molecular weight is 703 g/mol. The van der Waals surface area contributed by atoms with Crippen LogP contribution in [0.25, 0.3) is 111 Å². The predicted octanol–water partition coefficient (Wildman–Crippen LogP) is 13.0. The zero-order chi connectivity index (χ0) is 36.3. The molecule has 0 aliphatic heterocycles. The molecule has 0 amide bonds. The number of aromatic nitrogens is 4. The van der Waals surface area contributed by atoms with Gasteiger partial charge in [-0.05, 0) is 73.8 Å². The molecule has 5 nitrogen and oxygen atoms in total. The Morgan fingerprint density at radius 1 is 0.309 bits per heavy atom. The second-order valence-corrected chi connectivity index (χ2v) is 13.9. The van der Waals surface area contributed by atoms with Gasteiger partial charge in [-0.15, -0.1) is 0 Å². The maximum Gasteiger partial charge on any atom is 0.227 e. The topological polar surface area (TPSA) is 64.7 Å². The fraction of sp³-hybridized carbons (Fsp3) is 0. The quantitative estimate of drug-likeness (QED) is 0.167. The summed E-state index contributed by atoms with van der Waals surface area (Å²) >= 11 is 0. The maximum atomic E-state index is 6.55. The van der Waals surface area contributed by atoms with Crippen LogP contribution in [0.4, 0.5) is 0 Å². The number of benzene rings is 9. The molecule has 0 radical (unpaired) electrons. The molecule has 0 N–H and O–H groups in total. The second kappa shape index (κ2) is 12.6. The van der Waals surface area contributed by atoms with Crippen LogP contribution in [0.5, 0.6) is 0 Å². The molecule has 0 fully saturated rings. The molecule has 256 valence electrons. The molecule has 0 saturated carbocycles. The molecule has 0 bridgehead atoms. The summed E-state index contributed by atoms with van der Waals surface area (Å²) < 4.78 is 6.55. The molecular weight excluding hydrogens is 673 g/mol. The fourth-order valence-corrected chi connectivity index (χ4v) is 7.73. The number of nitrogens with zero attached hydrogens (tertiary/aromatic N) is 4. The molecule has 5 heteroatoms. The molecule has 0 saturated heterocycles. The third-order valence-corrected chi connectivity index (χ3v) is 10.5. The van der Waals surface area contributed by atoms with E-state index in [9.17, 15) is 0 Å². The van der Waals surface area contributed by atoms with Crippen molar-refractivity contribution in [1.29, 1.82) is 0 Å². The summed E-state index contributed by atoms with van der Waals surface area (Å²) in [5.41, 5.74) is 7.66. The first-order valence-corrected chi connectivity index (χ1v) is 18.4. The van der Waals surface area contributed by atoms with E-state index < -0.39 is 0 Å². The Morgan fingerprint density at radius 3 is 1.53 bits per heavy atom. The van der Waals surface area contributed by atoms with Gasteiger partial charge in [-0.2, -0.15) is 0 Å². The molecule has 0 aliphatic carbocycles. The van der Waals surface area contributed by atoms with E-state index in [2.05, 4.69) is 140 Å². The molecule has 9 aromatic carbocycles. The Bertz CT molecular complexity index is 3250. The summed E-state index contributed by atoms with van der Waals surface area (Å²) in [7, 11) is 0. The largest absolute Gasteiger partial charge is 0.435 e. The minimum absolute atomic E-state index is 0.616. The van der Waals surface area contributed by atoms with Crippen LogP contribution in [0.1, 0.15) is 0 Å². The van der Waals surface area contributed by atoms with Crippen LogP contribution in [-0.2, 0) is 0 Å². The van der Waals surface area contributed by atoms with E-state index in [1.54, 1.807) is 0 Å². The highest BCUT2D eigenvalue weighted by molar-refractivity contribution is 6.26. The first-order chi connectivity index (χ1) is 27.2. The second-order valence-electron chi connectivity index (χ2n) is 13.9. The zero-order valence-electron chi connectivity index (χ0n) is 29.5. The van der Waals surface area contributed by atoms with Crippen molar-refractivity contribution in [2.24, 2.45) is 0 Å². The first kappa shape index (κ1) is 31.1. The van der Waals surface area contributed by atoms with E-state index in [4.69, 9.17) is 24.4 Å². The Balaban J connectivity index is 1.08. The Hall–Kier alpha value is -7.50. The van der Waals surface area contributed by atoms with Crippen molar-refractivity contribution >= 4 is 54.2 Å². The lowest BCUT2D eigenvalue weighted by molar-refractivity contribution is 0.623. The zero-order valence-corrected chi connectivity index (χ0v) is 29.5. The number of rotatable bonds is 5. The lowest BCUT2D eigenvalue weighted by Gasteiger charge is -2.12. The van der Waals surface area contributed by atoms with Gasteiger partial charge in [-0.3, -0.25) is 0 Å². The van der Waals surface area contributed by atoms with E-state index in [0.29, 0.717) is 23.4 Å². The molecule has 11 aromatic rings. The summed E-state index contributed by atoms with van der Waals surface area (Å²) in [5.74, 6) is 2.49. The monoisotopic (exact) mass is 702 g/mol. The summed E-state index contributed by atoms with van der Waals surface area (Å²) in [6, 6.07) is 63.0. The molecule has 55 heavy (non-hydrogen) atoms. The van der Waals surface area contributed by atoms with Crippen molar-refractivity contribution in [3.63, 3.8) is 0 Å². The van der Waals surface area contributed by atoms with Crippen LogP contribution < -0.4 is 0 Å². The highest BCUT2D eigenvalue weighted by Gasteiger charge is 2.17. The van der Waals surface area contributed by atoms with Gasteiger partial charge < -0.3 is 4.42 Å². The van der Waals surface area contributed by atoms with Gasteiger partial charge in [0.2, 0.25) is 5.89 Å². The number of oxazole rings is 1. The van der Waals surface area contributed by atoms with Gasteiger partial charge in [-0.1, -0.05) is 152 Å². The average Bonchev–Trinajstić information content (AvgIpc) is 3.71. The number of fused-ring (bicyclic) bond motifs is 8. The molecule has 11 rings (SSSR count). The van der Waals surface area contributed by atoms with E-state index in [0.717, 1.165) is 76.6 Å². The van der Waals surface area contributed by atoms with Crippen molar-refractivity contribution in [2.75, 3.05) is 0 Å². The molecule has 0 atom stereocenters. The molecule has 0 spiro atoms. The van der Waals surface area contributed by atoms with Crippen molar-refractivity contribution in [1.82, 2.24) is 19.9 Å². The van der Waals surface area contributed by atoms with E-state index >= 15 is 0 Å². The lowest BCUT2D eigenvalue weighted by Crippen LogP contribution is -2.00. The van der Waals surface area contributed by atoms with Crippen molar-refractivity contribution in [3.05, 3.63) is 182 Å². The standard InChI is InChI=1S/C50H30N4O/c1-3-9-31(10-4-1)33-15-21-36(22-16-33)47-52-48(40-24-17-32-11-7-8-14-38(32)29-40)54-49(53-47)41-25-27-42-39(30-41)23-20-34-18-19-35-26-28-43-46(45(35)44(34)42)55-50(51-43)37-12-5-2-6-13-37/h1-30H. The first-order valence-electron chi connectivity index (χ1n) is 18.4. The van der Waals surface area contributed by atoms with Gasteiger partial charge in [0.15, 0.2) is 23.1 Å². The van der Waals surface area contributed by atoms with Gasteiger partial charge in [0.25, 0.3) is 0 Å². The van der Waals surface area contributed by atoms with E-state index in [-0.39, 0.29) is 0 Å². The molecule has 2 heterocycles. The Morgan fingerprint density at radius 2 is 0.800 bits per heavy atom. The maximum absolute atomic E-state index is 6.55. The van der Waals surface area contributed by atoms with Crippen molar-refractivity contribution < 1.29 is 4.42 Å². The Labute approximate surface area is 316 Å². The van der Waals surface area contributed by atoms with Crippen molar-refractivity contribution in [2.45, 2.75) is 0 Å². The molecular formula is C50H30N4O. The predicted molar refractivity (Wildman–Crippen MR) is 225 cm³/mol. The van der Waals surface area contributed by atoms with Crippen LogP contribution in [-0.4, -0.2) is 19.9 Å². The smallest absolute Gasteiger partial charge is 0.227 e. The number of hydrogen-bond donors (Lipinski definition) is 0. The van der Waals surface area contributed by atoms with Crippen LogP contribution in [0, 0.1) is 0 Å². The fourth-order valence-electron chi connectivity index (χ4n) is 7.73. The van der Waals surface area contributed by atoms with Crippen LogP contribution in [0.15, 0.2) is 186 Å². The van der Waals surface area contributed by atoms with Crippen molar-refractivity contribution in [3.8, 4) is 56.7 Å².